The number of anilines is 2. The van der Waals surface area contributed by atoms with Gasteiger partial charge >= 0.3 is 0 Å². The van der Waals surface area contributed by atoms with Gasteiger partial charge < -0.3 is 11.1 Å². The molecule has 1 aromatic heterocycles. The van der Waals surface area contributed by atoms with Gasteiger partial charge in [-0.05, 0) is 36.2 Å². The fourth-order valence-electron chi connectivity index (χ4n) is 1.78. The van der Waals surface area contributed by atoms with Gasteiger partial charge in [-0.1, -0.05) is 25.5 Å². The molecule has 1 heterocycles. The minimum Gasteiger partial charge on any atom is -0.399 e. The van der Waals surface area contributed by atoms with Crippen LogP contribution in [0, 0.1) is 0 Å². The maximum absolute atomic E-state index is 5.77. The summed E-state index contributed by atoms with van der Waals surface area (Å²) >= 11 is 0. The Bertz CT molecular complexity index is 491. The molecule has 3 nitrogen and oxygen atoms in total. The van der Waals surface area contributed by atoms with Crippen molar-refractivity contribution in [3.63, 3.8) is 0 Å². The highest BCUT2D eigenvalue weighted by atomic mass is 15.0. The van der Waals surface area contributed by atoms with Crippen LogP contribution in [0.25, 0.3) is 11.1 Å². The number of nitrogen functional groups attached to an aromatic ring is 1. The topological polar surface area (TPSA) is 50.9 Å². The molecule has 0 aliphatic rings. The van der Waals surface area contributed by atoms with E-state index in [0.717, 1.165) is 29.2 Å². The lowest BCUT2D eigenvalue weighted by molar-refractivity contribution is 0.831. The minimum absolute atomic E-state index is 0.776. The van der Waals surface area contributed by atoms with E-state index in [1.165, 1.54) is 12.8 Å². The Morgan fingerprint density at radius 2 is 2.06 bits per heavy atom. The average molecular weight is 241 g/mol. The number of rotatable bonds is 5. The fraction of sp³-hybridized carbons (Fsp3) is 0.267. The molecule has 3 N–H and O–H groups in total. The van der Waals surface area contributed by atoms with Crippen molar-refractivity contribution in [1.29, 1.82) is 0 Å². The van der Waals surface area contributed by atoms with Crippen LogP contribution in [0.4, 0.5) is 11.5 Å². The molecule has 3 heteroatoms. The summed E-state index contributed by atoms with van der Waals surface area (Å²) < 4.78 is 0. The van der Waals surface area contributed by atoms with Crippen LogP contribution in [-0.2, 0) is 0 Å². The number of nitrogens with zero attached hydrogens (tertiary/aromatic N) is 1. The monoisotopic (exact) mass is 241 g/mol. The number of pyridine rings is 1. The summed E-state index contributed by atoms with van der Waals surface area (Å²) in [7, 11) is 0. The molecular formula is C15H19N3. The molecule has 94 valence electrons. The second kappa shape index (κ2) is 6.05. The lowest BCUT2D eigenvalue weighted by atomic mass is 10.1. The van der Waals surface area contributed by atoms with Crippen LogP contribution in [0.1, 0.15) is 19.8 Å². The Morgan fingerprint density at radius 1 is 1.17 bits per heavy atom. The fourth-order valence-corrected chi connectivity index (χ4v) is 1.78. The third-order valence-corrected chi connectivity index (χ3v) is 2.82. The normalized spacial score (nSPS) is 10.3. The van der Waals surface area contributed by atoms with Crippen LogP contribution in [0.3, 0.4) is 0 Å². The number of unbranched alkanes of at least 4 members (excludes halogenated alkanes) is 1. The third-order valence-electron chi connectivity index (χ3n) is 2.82. The van der Waals surface area contributed by atoms with Gasteiger partial charge in [-0.25, -0.2) is 4.98 Å². The minimum atomic E-state index is 0.776. The van der Waals surface area contributed by atoms with E-state index in [1.807, 2.05) is 36.5 Å². The summed E-state index contributed by atoms with van der Waals surface area (Å²) in [5, 5.41) is 3.30. The number of nitrogens with one attached hydrogen (secondary N) is 1. The summed E-state index contributed by atoms with van der Waals surface area (Å²) in [6, 6.07) is 11.9. The molecule has 2 aromatic rings. The smallest absolute Gasteiger partial charge is 0.125 e. The Labute approximate surface area is 108 Å². The van der Waals surface area contributed by atoms with Gasteiger partial charge in [0.15, 0.2) is 0 Å². The maximum Gasteiger partial charge on any atom is 0.125 e. The van der Waals surface area contributed by atoms with Crippen LogP contribution >= 0.6 is 0 Å². The number of hydrogen-bond donors (Lipinski definition) is 2. The largest absolute Gasteiger partial charge is 0.399 e. The highest BCUT2D eigenvalue weighted by Crippen LogP contribution is 2.21. The molecule has 0 bridgehead atoms. The molecule has 0 unspecified atom stereocenters. The van der Waals surface area contributed by atoms with E-state index in [9.17, 15) is 0 Å². The summed E-state index contributed by atoms with van der Waals surface area (Å²) in [4.78, 5) is 4.40. The van der Waals surface area contributed by atoms with Gasteiger partial charge in [0.1, 0.15) is 5.82 Å². The average Bonchev–Trinajstić information content (AvgIpc) is 2.40. The van der Waals surface area contributed by atoms with Crippen molar-refractivity contribution >= 4 is 11.5 Å². The zero-order valence-corrected chi connectivity index (χ0v) is 10.7. The summed E-state index contributed by atoms with van der Waals surface area (Å²) in [6.07, 6.45) is 4.23. The van der Waals surface area contributed by atoms with E-state index < -0.39 is 0 Å². The van der Waals surface area contributed by atoms with Crippen LogP contribution in [0.2, 0.25) is 0 Å². The Morgan fingerprint density at radius 3 is 2.72 bits per heavy atom. The zero-order valence-electron chi connectivity index (χ0n) is 10.7. The quantitative estimate of drug-likeness (QED) is 0.622. The second-order valence-corrected chi connectivity index (χ2v) is 4.34. The van der Waals surface area contributed by atoms with Crippen LogP contribution in [-0.4, -0.2) is 11.5 Å². The van der Waals surface area contributed by atoms with Crippen molar-refractivity contribution < 1.29 is 0 Å². The lowest BCUT2D eigenvalue weighted by Gasteiger charge is -2.06. The van der Waals surface area contributed by atoms with Crippen molar-refractivity contribution in [2.45, 2.75) is 19.8 Å². The van der Waals surface area contributed by atoms with Crippen molar-refractivity contribution in [1.82, 2.24) is 4.98 Å². The van der Waals surface area contributed by atoms with Crippen LogP contribution in [0.5, 0.6) is 0 Å². The van der Waals surface area contributed by atoms with Crippen molar-refractivity contribution in [2.75, 3.05) is 17.6 Å². The molecule has 0 radical (unpaired) electrons. The van der Waals surface area contributed by atoms with Gasteiger partial charge in [-0.3, -0.25) is 0 Å². The van der Waals surface area contributed by atoms with E-state index in [2.05, 4.69) is 23.3 Å². The standard InChI is InChI=1S/C15H19N3/c1-2-3-9-17-15-8-7-13(11-18-15)12-5-4-6-14(16)10-12/h4-8,10-11H,2-3,9,16H2,1H3,(H,17,18). The Balaban J connectivity index is 2.07. The number of benzene rings is 1. The molecule has 0 aliphatic carbocycles. The lowest BCUT2D eigenvalue weighted by Crippen LogP contribution is -2.02. The molecule has 0 saturated heterocycles. The first-order valence-electron chi connectivity index (χ1n) is 6.35. The highest BCUT2D eigenvalue weighted by molar-refractivity contribution is 5.67. The number of aromatic nitrogens is 1. The first-order valence-corrected chi connectivity index (χ1v) is 6.35. The molecule has 0 spiro atoms. The summed E-state index contributed by atoms with van der Waals surface area (Å²) in [5.41, 5.74) is 8.74. The van der Waals surface area contributed by atoms with E-state index >= 15 is 0 Å². The van der Waals surface area contributed by atoms with Crippen molar-refractivity contribution in [3.05, 3.63) is 42.6 Å². The van der Waals surface area contributed by atoms with Gasteiger partial charge in [-0.2, -0.15) is 0 Å². The van der Waals surface area contributed by atoms with E-state index in [0.29, 0.717) is 0 Å². The SMILES string of the molecule is CCCCNc1ccc(-c2cccc(N)c2)cn1. The first kappa shape index (κ1) is 12.4. The second-order valence-electron chi connectivity index (χ2n) is 4.34. The Hall–Kier alpha value is -2.03. The van der Waals surface area contributed by atoms with Crippen molar-refractivity contribution in [3.8, 4) is 11.1 Å². The van der Waals surface area contributed by atoms with Gasteiger partial charge in [0.05, 0.1) is 0 Å². The van der Waals surface area contributed by atoms with E-state index in [-0.39, 0.29) is 0 Å². The van der Waals surface area contributed by atoms with Crippen molar-refractivity contribution in [2.24, 2.45) is 0 Å². The maximum atomic E-state index is 5.77. The number of hydrogen-bond acceptors (Lipinski definition) is 3. The molecule has 0 fully saturated rings. The molecule has 0 aliphatic heterocycles. The van der Waals surface area contributed by atoms with E-state index in [4.69, 9.17) is 5.73 Å². The predicted molar refractivity (Wildman–Crippen MR) is 77.5 cm³/mol. The van der Waals surface area contributed by atoms with Gasteiger partial charge in [0, 0.05) is 24.0 Å². The summed E-state index contributed by atoms with van der Waals surface area (Å²) in [6.45, 7) is 3.15. The predicted octanol–water partition coefficient (Wildman–Crippen LogP) is 3.54. The first-order chi connectivity index (χ1) is 8.79. The zero-order chi connectivity index (χ0) is 12.8. The van der Waals surface area contributed by atoms with Gasteiger partial charge in [0.25, 0.3) is 0 Å². The van der Waals surface area contributed by atoms with Crippen LogP contribution in [0.15, 0.2) is 42.6 Å². The molecule has 0 amide bonds. The molecule has 1 aromatic carbocycles. The molecular weight excluding hydrogens is 222 g/mol. The molecule has 0 atom stereocenters. The van der Waals surface area contributed by atoms with Gasteiger partial charge in [0.2, 0.25) is 0 Å². The van der Waals surface area contributed by atoms with Crippen LogP contribution < -0.4 is 11.1 Å². The Kier molecular flexibility index (Phi) is 4.18. The molecule has 2 rings (SSSR count). The van der Waals surface area contributed by atoms with E-state index in [1.54, 1.807) is 0 Å². The van der Waals surface area contributed by atoms with Gasteiger partial charge in [-0.15, -0.1) is 0 Å². The summed E-state index contributed by atoms with van der Waals surface area (Å²) in [5.74, 6) is 0.927. The number of nitrogens with two attached hydrogens (primary N) is 1. The molecule has 0 saturated carbocycles. The third kappa shape index (κ3) is 3.23. The molecule has 18 heavy (non-hydrogen) atoms. The highest BCUT2D eigenvalue weighted by Gasteiger charge is 1.99.